The van der Waals surface area contributed by atoms with E-state index in [1.54, 1.807) is 12.1 Å². The Morgan fingerprint density at radius 1 is 0.944 bits per heavy atom. The Kier molecular flexibility index (Phi) is 7.50. The molecule has 1 amide bonds. The summed E-state index contributed by atoms with van der Waals surface area (Å²) in [4.78, 5) is 15.8. The van der Waals surface area contributed by atoms with Gasteiger partial charge in [-0.05, 0) is 23.3 Å². The fourth-order valence-electron chi connectivity index (χ4n) is 4.56. The highest BCUT2D eigenvalue weighted by molar-refractivity contribution is 5.99. The molecule has 0 bridgehead atoms. The molecule has 0 aliphatic carbocycles. The molecule has 4 aromatic rings. The Hall–Kier alpha value is -3.81. The second kappa shape index (κ2) is 11.3. The second-order valence-electron chi connectivity index (χ2n) is 8.87. The molecule has 36 heavy (non-hydrogen) atoms. The molecule has 0 unspecified atom stereocenters. The zero-order valence-electron chi connectivity index (χ0n) is 20.0. The van der Waals surface area contributed by atoms with Crippen LogP contribution < -0.4 is 5.32 Å². The van der Waals surface area contributed by atoms with Crippen molar-refractivity contribution in [3.8, 4) is 11.3 Å². The number of nitrogens with zero attached hydrogens (tertiary/aromatic N) is 3. The Morgan fingerprint density at radius 3 is 2.31 bits per heavy atom. The lowest BCUT2D eigenvalue weighted by molar-refractivity contribution is 0.0162. The average molecular weight is 485 g/mol. The molecule has 1 aromatic heterocycles. The van der Waals surface area contributed by atoms with E-state index in [2.05, 4.69) is 10.2 Å². The largest absolute Gasteiger partial charge is 0.379 e. The number of aromatic nitrogens is 2. The van der Waals surface area contributed by atoms with Crippen LogP contribution in [-0.4, -0.2) is 53.4 Å². The summed E-state index contributed by atoms with van der Waals surface area (Å²) >= 11 is 0. The molecule has 6 nitrogen and oxygen atoms in total. The predicted octanol–water partition coefficient (Wildman–Crippen LogP) is 4.54. The molecule has 1 fully saturated rings. The summed E-state index contributed by atoms with van der Waals surface area (Å²) in [5, 5.41) is 7.90. The van der Waals surface area contributed by atoms with Crippen molar-refractivity contribution >= 4 is 5.91 Å². The van der Waals surface area contributed by atoms with Gasteiger partial charge < -0.3 is 10.1 Å². The van der Waals surface area contributed by atoms with Gasteiger partial charge in [0.2, 0.25) is 0 Å². The summed E-state index contributed by atoms with van der Waals surface area (Å²) < 4.78 is 20.9. The minimum absolute atomic E-state index is 0.0852. The summed E-state index contributed by atoms with van der Waals surface area (Å²) in [5.74, 6) is -0.463. The normalized spacial score (nSPS) is 14.9. The Balaban J connectivity index is 1.39. The number of nitrogens with one attached hydrogen (secondary N) is 1. The molecule has 3 aromatic carbocycles. The van der Waals surface area contributed by atoms with Gasteiger partial charge in [0.05, 0.1) is 31.4 Å². The number of carbonyl (C=O) groups excluding carboxylic acids is 1. The topological polar surface area (TPSA) is 59.4 Å². The van der Waals surface area contributed by atoms with E-state index in [0.29, 0.717) is 37.6 Å². The number of benzene rings is 3. The molecule has 1 aliphatic rings. The van der Waals surface area contributed by atoms with Crippen molar-refractivity contribution in [1.29, 1.82) is 0 Å². The van der Waals surface area contributed by atoms with Gasteiger partial charge in [0.25, 0.3) is 5.91 Å². The van der Waals surface area contributed by atoms with Crippen LogP contribution in [0.4, 0.5) is 4.39 Å². The zero-order valence-corrected chi connectivity index (χ0v) is 20.0. The lowest BCUT2D eigenvalue weighted by Crippen LogP contribution is -2.43. The molecule has 1 aliphatic heterocycles. The summed E-state index contributed by atoms with van der Waals surface area (Å²) in [7, 11) is 0. The highest BCUT2D eigenvalue weighted by Crippen LogP contribution is 2.24. The third-order valence-corrected chi connectivity index (χ3v) is 6.44. The summed E-state index contributed by atoms with van der Waals surface area (Å²) in [6.07, 6.45) is 1.81. The number of carbonyl (C=O) groups is 1. The fraction of sp³-hybridized carbons (Fsp3) is 0.241. The van der Waals surface area contributed by atoms with E-state index in [4.69, 9.17) is 9.84 Å². The molecule has 1 saturated heterocycles. The van der Waals surface area contributed by atoms with Crippen LogP contribution in [0.1, 0.15) is 27.5 Å². The van der Waals surface area contributed by atoms with Crippen LogP contribution in [-0.2, 0) is 11.3 Å². The van der Waals surface area contributed by atoms with E-state index in [1.165, 1.54) is 12.1 Å². The van der Waals surface area contributed by atoms with Crippen LogP contribution in [0, 0.1) is 5.82 Å². The van der Waals surface area contributed by atoms with Gasteiger partial charge >= 0.3 is 0 Å². The first kappa shape index (κ1) is 23.9. The predicted molar refractivity (Wildman–Crippen MR) is 137 cm³/mol. The first-order valence-corrected chi connectivity index (χ1v) is 12.2. The zero-order chi connectivity index (χ0) is 24.7. The van der Waals surface area contributed by atoms with Gasteiger partial charge in [0, 0.05) is 31.4 Å². The minimum atomic E-state index is -0.276. The summed E-state index contributed by atoms with van der Waals surface area (Å²) in [5.41, 5.74) is 4.13. The van der Waals surface area contributed by atoms with Gasteiger partial charge in [-0.15, -0.1) is 0 Å². The average Bonchev–Trinajstić information content (AvgIpc) is 3.35. The smallest absolute Gasteiger partial charge is 0.255 e. The van der Waals surface area contributed by atoms with Crippen LogP contribution >= 0.6 is 0 Å². The van der Waals surface area contributed by atoms with Gasteiger partial charge in [-0.25, -0.2) is 4.39 Å². The standard InChI is InChI=1S/C29H29FN4O2/c30-25-13-11-23(12-14-25)27(33-15-17-36-18-16-33)19-31-29(35)26-21-34(20-22-7-3-1-4-8-22)32-28(26)24-9-5-2-6-10-24/h1-14,21,27H,15-20H2,(H,31,35)/t27-/m1/s1. The molecule has 5 rings (SSSR count). The minimum Gasteiger partial charge on any atom is -0.379 e. The number of rotatable bonds is 8. The third kappa shape index (κ3) is 5.70. The number of ether oxygens (including phenoxy) is 1. The van der Waals surface area contributed by atoms with Crippen LogP contribution in [0.2, 0.25) is 0 Å². The van der Waals surface area contributed by atoms with Gasteiger partial charge in [0.1, 0.15) is 11.5 Å². The monoisotopic (exact) mass is 484 g/mol. The van der Waals surface area contributed by atoms with Crippen LogP contribution in [0.15, 0.2) is 91.1 Å². The molecule has 1 N–H and O–H groups in total. The van der Waals surface area contributed by atoms with Crippen LogP contribution in [0.25, 0.3) is 11.3 Å². The van der Waals surface area contributed by atoms with E-state index in [0.717, 1.165) is 29.8 Å². The van der Waals surface area contributed by atoms with Crippen LogP contribution in [0.3, 0.4) is 0 Å². The number of hydrogen-bond acceptors (Lipinski definition) is 4. The summed E-state index contributed by atoms with van der Waals surface area (Å²) in [6.45, 7) is 3.74. The van der Waals surface area contributed by atoms with E-state index in [1.807, 2.05) is 71.5 Å². The molecular formula is C29H29FN4O2. The Labute approximate surface area is 210 Å². The molecule has 184 valence electrons. The van der Waals surface area contributed by atoms with E-state index >= 15 is 0 Å². The SMILES string of the molecule is O=C(NC[C@H](c1ccc(F)cc1)N1CCOCC1)c1cn(Cc2ccccc2)nc1-c1ccccc1. The van der Waals surface area contributed by atoms with E-state index < -0.39 is 0 Å². The first-order chi connectivity index (χ1) is 17.7. The third-order valence-electron chi connectivity index (χ3n) is 6.44. The van der Waals surface area contributed by atoms with Crippen LogP contribution in [0.5, 0.6) is 0 Å². The van der Waals surface area contributed by atoms with Crippen molar-refractivity contribution in [2.75, 3.05) is 32.8 Å². The first-order valence-electron chi connectivity index (χ1n) is 12.2. The highest BCUT2D eigenvalue weighted by atomic mass is 19.1. The maximum atomic E-state index is 13.6. The van der Waals surface area contributed by atoms with Crippen molar-refractivity contribution in [1.82, 2.24) is 20.0 Å². The number of hydrogen-bond donors (Lipinski definition) is 1. The maximum Gasteiger partial charge on any atom is 0.255 e. The molecular weight excluding hydrogens is 455 g/mol. The van der Waals surface area contributed by atoms with Gasteiger partial charge in [-0.2, -0.15) is 5.10 Å². The molecule has 0 spiro atoms. The molecule has 2 heterocycles. The number of morpholine rings is 1. The van der Waals surface area contributed by atoms with Crippen molar-refractivity contribution in [2.24, 2.45) is 0 Å². The Morgan fingerprint density at radius 2 is 1.61 bits per heavy atom. The fourth-order valence-corrected chi connectivity index (χ4v) is 4.56. The lowest BCUT2D eigenvalue weighted by Gasteiger charge is -2.35. The van der Waals surface area contributed by atoms with E-state index in [9.17, 15) is 9.18 Å². The van der Waals surface area contributed by atoms with Gasteiger partial charge in [0.15, 0.2) is 0 Å². The van der Waals surface area contributed by atoms with E-state index in [-0.39, 0.29) is 17.8 Å². The quantitative estimate of drug-likeness (QED) is 0.399. The summed E-state index contributed by atoms with van der Waals surface area (Å²) in [6, 6.07) is 26.2. The van der Waals surface area contributed by atoms with Crippen molar-refractivity contribution in [3.63, 3.8) is 0 Å². The lowest BCUT2D eigenvalue weighted by atomic mass is 10.0. The van der Waals surface area contributed by atoms with Gasteiger partial charge in [-0.3, -0.25) is 14.4 Å². The maximum absolute atomic E-state index is 13.6. The van der Waals surface area contributed by atoms with Crippen molar-refractivity contribution < 1.29 is 13.9 Å². The molecule has 0 saturated carbocycles. The Bertz CT molecular complexity index is 1270. The highest BCUT2D eigenvalue weighted by Gasteiger charge is 2.25. The molecule has 0 radical (unpaired) electrons. The number of amides is 1. The molecule has 7 heteroatoms. The van der Waals surface area contributed by atoms with Crippen molar-refractivity contribution in [2.45, 2.75) is 12.6 Å². The molecule has 1 atom stereocenters. The van der Waals surface area contributed by atoms with Gasteiger partial charge in [-0.1, -0.05) is 72.8 Å². The number of halogens is 1. The van der Waals surface area contributed by atoms with Crippen molar-refractivity contribution in [3.05, 3.63) is 114 Å². The second-order valence-corrected chi connectivity index (χ2v) is 8.87.